The number of amides is 1. The maximum absolute atomic E-state index is 12.7. The summed E-state index contributed by atoms with van der Waals surface area (Å²) in [5.41, 5.74) is 3.23. The molecule has 2 heterocycles. The first-order valence-electron chi connectivity index (χ1n) is 8.81. The van der Waals surface area contributed by atoms with E-state index in [1.807, 2.05) is 31.5 Å². The Kier molecular flexibility index (Phi) is 5.02. The molecule has 1 N–H and O–H groups in total. The molecule has 0 spiro atoms. The molecule has 6 nitrogen and oxygen atoms in total. The van der Waals surface area contributed by atoms with Gasteiger partial charge in [-0.2, -0.15) is 5.10 Å². The van der Waals surface area contributed by atoms with Crippen molar-refractivity contribution in [3.8, 4) is 0 Å². The van der Waals surface area contributed by atoms with Crippen molar-refractivity contribution in [2.24, 2.45) is 0 Å². The van der Waals surface area contributed by atoms with Crippen molar-refractivity contribution in [2.45, 2.75) is 71.9 Å². The Labute approximate surface area is 142 Å². The second kappa shape index (κ2) is 7.20. The first-order valence-corrected chi connectivity index (χ1v) is 8.81. The molecular formula is C18H26N4O2. The van der Waals surface area contributed by atoms with Crippen molar-refractivity contribution < 1.29 is 9.32 Å². The number of hydrogen-bond acceptors (Lipinski definition) is 4. The minimum atomic E-state index is -0.129. The van der Waals surface area contributed by atoms with E-state index in [4.69, 9.17) is 4.52 Å². The summed E-state index contributed by atoms with van der Waals surface area (Å²) in [4.78, 5) is 12.7. The Morgan fingerprint density at radius 2 is 1.96 bits per heavy atom. The van der Waals surface area contributed by atoms with Crippen LogP contribution in [0.25, 0.3) is 0 Å². The van der Waals surface area contributed by atoms with E-state index in [0.717, 1.165) is 29.8 Å². The normalized spacial score (nSPS) is 16.1. The molecule has 1 saturated carbocycles. The average molecular weight is 330 g/mol. The van der Waals surface area contributed by atoms with E-state index in [0.29, 0.717) is 18.0 Å². The van der Waals surface area contributed by atoms with Gasteiger partial charge < -0.3 is 9.84 Å². The van der Waals surface area contributed by atoms with Crippen LogP contribution in [0.2, 0.25) is 0 Å². The Bertz CT molecular complexity index is 709. The summed E-state index contributed by atoms with van der Waals surface area (Å²) in [5, 5.41) is 11.6. The van der Waals surface area contributed by atoms with Gasteiger partial charge in [0.2, 0.25) is 0 Å². The van der Waals surface area contributed by atoms with E-state index in [2.05, 4.69) is 15.6 Å². The van der Waals surface area contributed by atoms with Gasteiger partial charge in [0.15, 0.2) is 5.69 Å². The van der Waals surface area contributed by atoms with Crippen molar-refractivity contribution in [3.05, 3.63) is 34.5 Å². The molecule has 1 aliphatic carbocycles. The number of carbonyl (C=O) groups is 1. The summed E-state index contributed by atoms with van der Waals surface area (Å²) in [6.07, 6.45) is 6.99. The molecule has 0 aromatic carbocycles. The number of aryl methyl sites for hydroxylation is 3. The predicted molar refractivity (Wildman–Crippen MR) is 91.0 cm³/mol. The number of nitrogens with zero attached hydrogens (tertiary/aromatic N) is 3. The van der Waals surface area contributed by atoms with E-state index in [9.17, 15) is 4.79 Å². The van der Waals surface area contributed by atoms with Crippen molar-refractivity contribution in [3.63, 3.8) is 0 Å². The van der Waals surface area contributed by atoms with Gasteiger partial charge in [-0.15, -0.1) is 0 Å². The van der Waals surface area contributed by atoms with Crippen molar-refractivity contribution >= 4 is 5.91 Å². The second-order valence-electron chi connectivity index (χ2n) is 6.81. The van der Waals surface area contributed by atoms with Crippen LogP contribution in [0.3, 0.4) is 0 Å². The second-order valence-corrected chi connectivity index (χ2v) is 6.81. The van der Waals surface area contributed by atoms with Crippen LogP contribution in [0.5, 0.6) is 0 Å². The lowest BCUT2D eigenvalue weighted by atomic mass is 10.1. The highest BCUT2D eigenvalue weighted by molar-refractivity contribution is 5.94. The standard InChI is InChI=1S/C18H26N4O2/c1-12-10-13(2)22(20-12)11-16-14(3)24-21-17(16)18(23)19-15-8-6-4-5-7-9-15/h10,15H,4-9,11H2,1-3H3,(H,19,23). The summed E-state index contributed by atoms with van der Waals surface area (Å²) in [7, 11) is 0. The van der Waals surface area contributed by atoms with Crippen LogP contribution >= 0.6 is 0 Å². The van der Waals surface area contributed by atoms with Crippen LogP contribution < -0.4 is 5.32 Å². The maximum atomic E-state index is 12.7. The van der Waals surface area contributed by atoms with Crippen LogP contribution in [0.4, 0.5) is 0 Å². The van der Waals surface area contributed by atoms with E-state index < -0.39 is 0 Å². The zero-order valence-electron chi connectivity index (χ0n) is 14.8. The van der Waals surface area contributed by atoms with Crippen LogP contribution in [-0.2, 0) is 6.54 Å². The molecular weight excluding hydrogens is 304 g/mol. The molecule has 3 rings (SSSR count). The molecule has 1 aliphatic rings. The molecule has 1 fully saturated rings. The van der Waals surface area contributed by atoms with E-state index in [1.165, 1.54) is 25.7 Å². The lowest BCUT2D eigenvalue weighted by Crippen LogP contribution is -2.35. The molecule has 2 aromatic rings. The molecule has 130 valence electrons. The van der Waals surface area contributed by atoms with Crippen LogP contribution in [-0.4, -0.2) is 26.9 Å². The third-order valence-electron chi connectivity index (χ3n) is 4.80. The summed E-state index contributed by atoms with van der Waals surface area (Å²) in [5.74, 6) is 0.545. The molecule has 24 heavy (non-hydrogen) atoms. The fourth-order valence-corrected chi connectivity index (χ4v) is 3.42. The van der Waals surface area contributed by atoms with E-state index in [-0.39, 0.29) is 11.9 Å². The first-order chi connectivity index (χ1) is 11.5. The lowest BCUT2D eigenvalue weighted by Gasteiger charge is -2.15. The van der Waals surface area contributed by atoms with Crippen molar-refractivity contribution in [1.82, 2.24) is 20.3 Å². The quantitative estimate of drug-likeness (QED) is 0.873. The first kappa shape index (κ1) is 16.7. The number of aromatic nitrogens is 3. The highest BCUT2D eigenvalue weighted by Gasteiger charge is 2.23. The van der Waals surface area contributed by atoms with Crippen LogP contribution in [0.15, 0.2) is 10.6 Å². The SMILES string of the molecule is Cc1cc(C)n(Cc2c(C(=O)NC3CCCCCC3)noc2C)n1. The average Bonchev–Trinajstić information content (AvgIpc) is 2.92. The molecule has 6 heteroatoms. The molecule has 0 unspecified atom stereocenters. The van der Waals surface area contributed by atoms with E-state index in [1.54, 1.807) is 0 Å². The van der Waals surface area contributed by atoms with Crippen molar-refractivity contribution in [2.75, 3.05) is 0 Å². The van der Waals surface area contributed by atoms with Gasteiger partial charge in [-0.05, 0) is 39.7 Å². The highest BCUT2D eigenvalue weighted by atomic mass is 16.5. The monoisotopic (exact) mass is 330 g/mol. The third kappa shape index (κ3) is 3.68. The van der Waals surface area contributed by atoms with E-state index >= 15 is 0 Å². The van der Waals surface area contributed by atoms with Gasteiger partial charge in [0.25, 0.3) is 5.91 Å². The molecule has 0 aliphatic heterocycles. The van der Waals surface area contributed by atoms with Crippen LogP contribution in [0, 0.1) is 20.8 Å². The number of rotatable bonds is 4. The van der Waals surface area contributed by atoms with Gasteiger partial charge in [-0.3, -0.25) is 9.48 Å². The Morgan fingerprint density at radius 3 is 2.58 bits per heavy atom. The summed E-state index contributed by atoms with van der Waals surface area (Å²) in [6.45, 7) is 6.32. The minimum absolute atomic E-state index is 0.129. The maximum Gasteiger partial charge on any atom is 0.274 e. The number of nitrogens with one attached hydrogen (secondary N) is 1. The number of hydrogen-bond donors (Lipinski definition) is 1. The molecule has 0 atom stereocenters. The van der Waals surface area contributed by atoms with Gasteiger partial charge in [0.1, 0.15) is 5.76 Å². The van der Waals surface area contributed by atoms with Gasteiger partial charge in [-0.25, -0.2) is 0 Å². The zero-order chi connectivity index (χ0) is 17.1. The Hall–Kier alpha value is -2.11. The van der Waals surface area contributed by atoms with Crippen molar-refractivity contribution in [1.29, 1.82) is 0 Å². The molecule has 0 saturated heterocycles. The fraction of sp³-hybridized carbons (Fsp3) is 0.611. The predicted octanol–water partition coefficient (Wildman–Crippen LogP) is 3.30. The highest BCUT2D eigenvalue weighted by Crippen LogP contribution is 2.20. The third-order valence-corrected chi connectivity index (χ3v) is 4.80. The minimum Gasteiger partial charge on any atom is -0.361 e. The summed E-state index contributed by atoms with van der Waals surface area (Å²) >= 11 is 0. The zero-order valence-corrected chi connectivity index (χ0v) is 14.8. The molecule has 1 amide bonds. The number of carbonyl (C=O) groups excluding carboxylic acids is 1. The largest absolute Gasteiger partial charge is 0.361 e. The molecule has 0 bridgehead atoms. The summed E-state index contributed by atoms with van der Waals surface area (Å²) in [6, 6.07) is 2.27. The fourth-order valence-electron chi connectivity index (χ4n) is 3.42. The van der Waals surface area contributed by atoms with Gasteiger partial charge in [0.05, 0.1) is 12.2 Å². The Morgan fingerprint density at radius 1 is 1.25 bits per heavy atom. The summed E-state index contributed by atoms with van der Waals surface area (Å²) < 4.78 is 7.18. The van der Waals surface area contributed by atoms with Gasteiger partial charge in [0, 0.05) is 17.3 Å². The van der Waals surface area contributed by atoms with Gasteiger partial charge >= 0.3 is 0 Å². The molecule has 0 radical (unpaired) electrons. The smallest absolute Gasteiger partial charge is 0.274 e. The topological polar surface area (TPSA) is 73.0 Å². The molecule has 2 aromatic heterocycles. The lowest BCUT2D eigenvalue weighted by molar-refractivity contribution is 0.0923. The van der Waals surface area contributed by atoms with Crippen LogP contribution in [0.1, 0.15) is 71.7 Å². The Balaban J connectivity index is 1.76. The van der Waals surface area contributed by atoms with Gasteiger partial charge in [-0.1, -0.05) is 30.8 Å².